The molecule has 5 nitrogen and oxygen atoms in total. The van der Waals surface area contributed by atoms with Crippen molar-refractivity contribution in [2.45, 2.75) is 25.7 Å². The average molecular weight is 287 g/mol. The highest BCUT2D eigenvalue weighted by molar-refractivity contribution is 7.71. The largest absolute Gasteiger partial charge is 0.343 e. The summed E-state index contributed by atoms with van der Waals surface area (Å²) in [5.74, 6) is 1.14. The summed E-state index contributed by atoms with van der Waals surface area (Å²) in [6.45, 7) is 1.90. The molecule has 0 unspecified atom stereocenters. The van der Waals surface area contributed by atoms with Gasteiger partial charge in [-0.3, -0.25) is 10.1 Å². The Morgan fingerprint density at radius 3 is 2.80 bits per heavy atom. The Labute approximate surface area is 120 Å². The van der Waals surface area contributed by atoms with Gasteiger partial charge in [0.1, 0.15) is 10.5 Å². The number of aryl methyl sites for hydroxylation is 1. The molecule has 0 saturated heterocycles. The minimum Gasteiger partial charge on any atom is -0.343 e. The van der Waals surface area contributed by atoms with Crippen LogP contribution in [0.2, 0.25) is 0 Å². The average Bonchev–Trinajstić information content (AvgIpc) is 3.22. The maximum atomic E-state index is 10.9. The molecule has 3 rings (SSSR count). The number of nitrogens with zero attached hydrogens (tertiary/aromatic N) is 2. The number of hydrogen-bond donors (Lipinski definition) is 1. The number of aromatic amines is 1. The quantitative estimate of drug-likeness (QED) is 0.528. The summed E-state index contributed by atoms with van der Waals surface area (Å²) in [6, 6.07) is 6.65. The standard InChI is InChI=1S/C14H13N3O2S/c1-8-2-5-10(17(18)19)6-11(8)14-15-12(9-3-4-9)7-13(20)16-14/h2,5-7,9H,3-4H2,1H3,(H,15,16,20). The van der Waals surface area contributed by atoms with E-state index in [2.05, 4.69) is 9.97 Å². The zero-order valence-electron chi connectivity index (χ0n) is 10.9. The number of nitrogens with one attached hydrogen (secondary N) is 1. The minimum atomic E-state index is -0.401. The molecule has 1 heterocycles. The number of rotatable bonds is 3. The number of hydrogen-bond acceptors (Lipinski definition) is 4. The van der Waals surface area contributed by atoms with E-state index in [-0.39, 0.29) is 5.69 Å². The molecule has 0 atom stereocenters. The predicted octanol–water partition coefficient (Wildman–Crippen LogP) is 3.90. The first-order valence-electron chi connectivity index (χ1n) is 6.41. The monoisotopic (exact) mass is 287 g/mol. The fourth-order valence-electron chi connectivity index (χ4n) is 2.20. The highest BCUT2D eigenvalue weighted by atomic mass is 32.1. The fourth-order valence-corrected chi connectivity index (χ4v) is 2.41. The Morgan fingerprint density at radius 2 is 2.15 bits per heavy atom. The van der Waals surface area contributed by atoms with Gasteiger partial charge in [-0.2, -0.15) is 0 Å². The molecule has 1 aliphatic rings. The predicted molar refractivity (Wildman–Crippen MR) is 78.2 cm³/mol. The second kappa shape index (κ2) is 4.79. The highest BCUT2D eigenvalue weighted by Gasteiger charge is 2.25. The molecule has 2 aromatic rings. The molecule has 1 saturated carbocycles. The second-order valence-corrected chi connectivity index (χ2v) is 5.47. The Balaban J connectivity index is 2.14. The smallest absolute Gasteiger partial charge is 0.270 e. The van der Waals surface area contributed by atoms with E-state index < -0.39 is 4.92 Å². The van der Waals surface area contributed by atoms with E-state index in [0.29, 0.717) is 16.4 Å². The van der Waals surface area contributed by atoms with E-state index >= 15 is 0 Å². The topological polar surface area (TPSA) is 71.8 Å². The summed E-state index contributed by atoms with van der Waals surface area (Å²) in [6.07, 6.45) is 2.31. The Morgan fingerprint density at radius 1 is 1.40 bits per heavy atom. The normalized spacial score (nSPS) is 14.2. The zero-order valence-corrected chi connectivity index (χ0v) is 11.7. The molecule has 0 radical (unpaired) electrons. The van der Waals surface area contributed by atoms with Crippen molar-refractivity contribution < 1.29 is 4.92 Å². The molecule has 102 valence electrons. The maximum Gasteiger partial charge on any atom is 0.270 e. The van der Waals surface area contributed by atoms with Gasteiger partial charge in [0, 0.05) is 23.4 Å². The van der Waals surface area contributed by atoms with E-state index in [1.807, 2.05) is 13.0 Å². The van der Waals surface area contributed by atoms with Crippen molar-refractivity contribution in [2.24, 2.45) is 0 Å². The van der Waals surface area contributed by atoms with Gasteiger partial charge in [0.2, 0.25) is 0 Å². The maximum absolute atomic E-state index is 10.9. The van der Waals surface area contributed by atoms with Crippen LogP contribution < -0.4 is 0 Å². The Bertz CT molecular complexity index is 750. The van der Waals surface area contributed by atoms with Gasteiger partial charge in [0.15, 0.2) is 0 Å². The van der Waals surface area contributed by atoms with Gasteiger partial charge in [-0.25, -0.2) is 4.98 Å². The van der Waals surface area contributed by atoms with Gasteiger partial charge >= 0.3 is 0 Å². The lowest BCUT2D eigenvalue weighted by Gasteiger charge is -2.07. The summed E-state index contributed by atoms with van der Waals surface area (Å²) < 4.78 is 0.520. The molecule has 1 aromatic carbocycles. The summed E-state index contributed by atoms with van der Waals surface area (Å²) >= 11 is 5.20. The number of H-pyrrole nitrogens is 1. The van der Waals surface area contributed by atoms with Gasteiger partial charge in [0.25, 0.3) is 5.69 Å². The summed E-state index contributed by atoms with van der Waals surface area (Å²) in [5, 5.41) is 10.9. The van der Waals surface area contributed by atoms with Gasteiger partial charge < -0.3 is 4.98 Å². The zero-order chi connectivity index (χ0) is 14.3. The highest BCUT2D eigenvalue weighted by Crippen LogP contribution is 2.39. The Hall–Kier alpha value is -2.08. The minimum absolute atomic E-state index is 0.0588. The van der Waals surface area contributed by atoms with E-state index in [0.717, 1.165) is 29.7 Å². The SMILES string of the molecule is Cc1ccc([N+](=O)[O-])cc1-c1nc(=S)cc(C2CC2)[nH]1. The van der Waals surface area contributed by atoms with Crippen LogP contribution in [0.4, 0.5) is 5.69 Å². The first-order valence-corrected chi connectivity index (χ1v) is 6.82. The lowest BCUT2D eigenvalue weighted by molar-refractivity contribution is -0.384. The molecule has 0 spiro atoms. The molecule has 1 aromatic heterocycles. The number of benzene rings is 1. The van der Waals surface area contributed by atoms with E-state index in [1.165, 1.54) is 6.07 Å². The van der Waals surface area contributed by atoms with Gasteiger partial charge in [-0.15, -0.1) is 0 Å². The molecule has 1 aliphatic carbocycles. The lowest BCUT2D eigenvalue weighted by atomic mass is 10.1. The number of non-ortho nitro benzene ring substituents is 1. The van der Waals surface area contributed by atoms with Crippen molar-refractivity contribution in [2.75, 3.05) is 0 Å². The first kappa shape index (κ1) is 12.9. The lowest BCUT2D eigenvalue weighted by Crippen LogP contribution is -1.97. The van der Waals surface area contributed by atoms with Crippen LogP contribution in [0.25, 0.3) is 11.4 Å². The molecule has 1 N–H and O–H groups in total. The van der Waals surface area contributed by atoms with E-state index in [4.69, 9.17) is 12.2 Å². The molecule has 0 bridgehead atoms. The molecule has 6 heteroatoms. The third-order valence-corrected chi connectivity index (χ3v) is 3.68. The van der Waals surface area contributed by atoms with Crippen LogP contribution >= 0.6 is 12.2 Å². The van der Waals surface area contributed by atoms with Crippen LogP contribution in [0.15, 0.2) is 24.3 Å². The van der Waals surface area contributed by atoms with Crippen LogP contribution in [-0.4, -0.2) is 14.9 Å². The van der Waals surface area contributed by atoms with Crippen LogP contribution in [0, 0.1) is 21.7 Å². The first-order chi connectivity index (χ1) is 9.54. The molecule has 1 fully saturated rings. The second-order valence-electron chi connectivity index (χ2n) is 5.05. The fraction of sp³-hybridized carbons (Fsp3) is 0.286. The van der Waals surface area contributed by atoms with Crippen molar-refractivity contribution in [1.29, 1.82) is 0 Å². The van der Waals surface area contributed by atoms with Crippen LogP contribution in [0.3, 0.4) is 0 Å². The van der Waals surface area contributed by atoms with Crippen molar-refractivity contribution >= 4 is 17.9 Å². The van der Waals surface area contributed by atoms with Crippen LogP contribution in [-0.2, 0) is 0 Å². The number of aromatic nitrogens is 2. The molecule has 0 amide bonds. The van der Waals surface area contributed by atoms with Crippen molar-refractivity contribution in [1.82, 2.24) is 9.97 Å². The van der Waals surface area contributed by atoms with Gasteiger partial charge in [0.05, 0.1) is 4.92 Å². The Kier molecular flexibility index (Phi) is 3.10. The molecular weight excluding hydrogens is 274 g/mol. The summed E-state index contributed by atoms with van der Waals surface area (Å²) in [4.78, 5) is 18.1. The van der Waals surface area contributed by atoms with Crippen molar-refractivity contribution in [3.63, 3.8) is 0 Å². The third-order valence-electron chi connectivity index (χ3n) is 3.47. The van der Waals surface area contributed by atoms with Crippen LogP contribution in [0.1, 0.15) is 30.0 Å². The van der Waals surface area contributed by atoms with Gasteiger partial charge in [-0.05, 0) is 37.3 Å². The van der Waals surface area contributed by atoms with E-state index in [1.54, 1.807) is 12.1 Å². The van der Waals surface area contributed by atoms with Gasteiger partial charge in [-0.1, -0.05) is 18.3 Å². The third kappa shape index (κ3) is 2.46. The van der Waals surface area contributed by atoms with Crippen molar-refractivity contribution in [3.8, 4) is 11.4 Å². The van der Waals surface area contributed by atoms with E-state index in [9.17, 15) is 10.1 Å². The number of nitro benzene ring substituents is 1. The molecule has 20 heavy (non-hydrogen) atoms. The van der Waals surface area contributed by atoms with Crippen molar-refractivity contribution in [3.05, 3.63) is 50.3 Å². The van der Waals surface area contributed by atoms with Crippen LogP contribution in [0.5, 0.6) is 0 Å². The summed E-state index contributed by atoms with van der Waals surface area (Å²) in [7, 11) is 0. The number of nitro groups is 1. The summed E-state index contributed by atoms with van der Waals surface area (Å²) in [5.41, 5.74) is 2.80. The molecular formula is C14H13N3O2S. The molecule has 0 aliphatic heterocycles.